The number of nitrogens with one attached hydrogen (secondary N) is 1. The molecule has 2 fully saturated rings. The van der Waals surface area contributed by atoms with Crippen LogP contribution >= 0.6 is 0 Å². The Kier molecular flexibility index (Phi) is 5.64. The molecule has 0 aromatic heterocycles. The summed E-state index contributed by atoms with van der Waals surface area (Å²) in [6.07, 6.45) is -2.24. The number of carbonyl (C=O) groups is 1. The summed E-state index contributed by atoms with van der Waals surface area (Å²) >= 11 is 0. The zero-order chi connectivity index (χ0) is 23.9. The molecule has 2 atom stereocenters. The van der Waals surface area contributed by atoms with Crippen molar-refractivity contribution < 1.29 is 21.6 Å². The van der Waals surface area contributed by atoms with E-state index in [1.807, 2.05) is 0 Å². The zero-order valence-electron chi connectivity index (χ0n) is 17.9. The first-order valence-corrected chi connectivity index (χ1v) is 13.5. The molecule has 2 aliphatic rings. The second kappa shape index (κ2) is 8.51. The van der Waals surface area contributed by atoms with E-state index >= 15 is 0 Å². The molecule has 1 N–H and O–H groups in total. The topological polar surface area (TPSA) is 107 Å². The molecule has 34 heavy (non-hydrogen) atoms. The minimum Gasteiger partial charge on any atom is -0.318 e. The molecule has 3 aromatic rings. The van der Waals surface area contributed by atoms with Gasteiger partial charge in [0.05, 0.1) is 9.79 Å². The Balaban J connectivity index is 1.63. The molecule has 11 heteroatoms. The number of hydrogen-bond acceptors (Lipinski definition) is 5. The van der Waals surface area contributed by atoms with E-state index < -0.39 is 38.4 Å². The summed E-state index contributed by atoms with van der Waals surface area (Å²) in [4.78, 5) is 14.6. The predicted molar refractivity (Wildman–Crippen MR) is 126 cm³/mol. The first kappa shape index (κ1) is 22.5. The van der Waals surface area contributed by atoms with E-state index in [4.69, 9.17) is 0 Å². The molecular weight excluding hydrogens is 476 g/mol. The van der Waals surface area contributed by atoms with Crippen LogP contribution in [0.2, 0.25) is 0 Å². The summed E-state index contributed by atoms with van der Waals surface area (Å²) < 4.78 is 56.6. The lowest BCUT2D eigenvalue weighted by atomic mass is 10.2. The van der Waals surface area contributed by atoms with Crippen molar-refractivity contribution in [3.05, 3.63) is 91.0 Å². The number of rotatable bonds is 5. The minimum atomic E-state index is -4.04. The highest BCUT2D eigenvalue weighted by Crippen LogP contribution is 2.35. The van der Waals surface area contributed by atoms with E-state index in [-0.39, 0.29) is 22.9 Å². The molecule has 5 rings (SSSR count). The fourth-order valence-electron chi connectivity index (χ4n) is 4.35. The number of piperazine rings is 1. The molecule has 2 amide bonds. The second-order valence-electron chi connectivity index (χ2n) is 7.87. The van der Waals surface area contributed by atoms with Crippen LogP contribution in [0, 0.1) is 0 Å². The van der Waals surface area contributed by atoms with Crippen molar-refractivity contribution in [3.8, 4) is 0 Å². The number of hydrogen-bond donors (Lipinski definition) is 1. The lowest BCUT2D eigenvalue weighted by molar-refractivity contribution is 0.143. The first-order valence-electron chi connectivity index (χ1n) is 10.6. The van der Waals surface area contributed by atoms with Crippen LogP contribution in [-0.2, 0) is 20.0 Å². The Morgan fingerprint density at radius 1 is 0.647 bits per heavy atom. The largest absolute Gasteiger partial charge is 0.324 e. The number of para-hydroxylation sites is 1. The summed E-state index contributed by atoms with van der Waals surface area (Å²) in [6.45, 7) is -0.240. The third kappa shape index (κ3) is 3.66. The lowest BCUT2D eigenvalue weighted by Gasteiger charge is -2.43. The van der Waals surface area contributed by atoms with Crippen molar-refractivity contribution in [2.75, 3.05) is 18.0 Å². The summed E-state index contributed by atoms with van der Waals surface area (Å²) in [5.74, 6) is 0. The van der Waals surface area contributed by atoms with Gasteiger partial charge in [0.15, 0.2) is 0 Å². The van der Waals surface area contributed by atoms with Gasteiger partial charge in [-0.25, -0.2) is 21.6 Å². The van der Waals surface area contributed by atoms with Crippen LogP contribution in [0.1, 0.15) is 0 Å². The number of fused-ring (bicyclic) bond motifs is 1. The highest BCUT2D eigenvalue weighted by molar-refractivity contribution is 7.89. The quantitative estimate of drug-likeness (QED) is 0.581. The predicted octanol–water partition coefficient (Wildman–Crippen LogP) is 2.26. The molecule has 2 unspecified atom stereocenters. The van der Waals surface area contributed by atoms with Gasteiger partial charge in [-0.2, -0.15) is 8.61 Å². The molecule has 3 aromatic carbocycles. The maximum absolute atomic E-state index is 13.6. The normalized spacial score (nSPS) is 21.8. The van der Waals surface area contributed by atoms with E-state index in [9.17, 15) is 21.6 Å². The molecule has 0 radical (unpaired) electrons. The smallest absolute Gasteiger partial charge is 0.318 e. The van der Waals surface area contributed by atoms with Gasteiger partial charge in [-0.15, -0.1) is 0 Å². The van der Waals surface area contributed by atoms with E-state index in [0.717, 1.165) is 0 Å². The van der Waals surface area contributed by atoms with Crippen molar-refractivity contribution in [1.29, 1.82) is 0 Å². The Morgan fingerprint density at radius 3 is 1.62 bits per heavy atom. The highest BCUT2D eigenvalue weighted by Gasteiger charge is 2.55. The van der Waals surface area contributed by atoms with Gasteiger partial charge >= 0.3 is 6.03 Å². The number of benzene rings is 3. The summed E-state index contributed by atoms with van der Waals surface area (Å²) in [7, 11) is -8.04. The van der Waals surface area contributed by atoms with Crippen LogP contribution in [-0.4, -0.2) is 56.9 Å². The summed E-state index contributed by atoms with van der Waals surface area (Å²) in [6, 6.07) is 23.8. The maximum atomic E-state index is 13.6. The molecule has 2 heterocycles. The van der Waals surface area contributed by atoms with Crippen LogP contribution in [0.4, 0.5) is 10.5 Å². The van der Waals surface area contributed by atoms with Gasteiger partial charge in [0.2, 0.25) is 20.0 Å². The summed E-state index contributed by atoms with van der Waals surface area (Å²) in [5.41, 5.74) is 0.458. The summed E-state index contributed by atoms with van der Waals surface area (Å²) in [5, 5.41) is 2.71. The van der Waals surface area contributed by atoms with Crippen molar-refractivity contribution in [2.24, 2.45) is 0 Å². The van der Waals surface area contributed by atoms with E-state index in [1.165, 1.54) is 37.8 Å². The molecule has 2 aliphatic heterocycles. The fourth-order valence-corrected chi connectivity index (χ4v) is 7.50. The molecule has 0 bridgehead atoms. The Bertz CT molecular complexity index is 1400. The van der Waals surface area contributed by atoms with Gasteiger partial charge in [-0.1, -0.05) is 54.6 Å². The monoisotopic (exact) mass is 498 g/mol. The van der Waals surface area contributed by atoms with Crippen LogP contribution in [0.15, 0.2) is 101 Å². The van der Waals surface area contributed by atoms with Crippen molar-refractivity contribution in [1.82, 2.24) is 13.9 Å². The van der Waals surface area contributed by atoms with Gasteiger partial charge in [-0.05, 0) is 36.4 Å². The van der Waals surface area contributed by atoms with E-state index in [0.29, 0.717) is 5.69 Å². The number of anilines is 1. The Labute approximate surface area is 198 Å². The van der Waals surface area contributed by atoms with Gasteiger partial charge in [0, 0.05) is 18.8 Å². The van der Waals surface area contributed by atoms with Crippen molar-refractivity contribution in [2.45, 2.75) is 22.1 Å². The van der Waals surface area contributed by atoms with Crippen LogP contribution < -0.4 is 10.2 Å². The standard InChI is InChI=1S/C23H22N4O5S2/c28-23-24-21-22(27(23)18-10-4-1-5-11-18)26(34(31,32)20-14-8-3-9-15-20)17-16-25(21)33(29,30)19-12-6-2-7-13-19/h1-15,21-22H,16-17H2,(H,24,28). The molecule has 0 aliphatic carbocycles. The SMILES string of the molecule is O=C1NC2C(N1c1ccccc1)N(S(=O)(=O)c1ccccc1)CCN2S(=O)(=O)c1ccccc1. The number of sulfonamides is 2. The average molecular weight is 499 g/mol. The van der Waals surface area contributed by atoms with E-state index in [1.54, 1.807) is 66.7 Å². The lowest BCUT2D eigenvalue weighted by Crippen LogP contribution is -2.65. The molecule has 176 valence electrons. The third-order valence-electron chi connectivity index (χ3n) is 5.92. The van der Waals surface area contributed by atoms with Gasteiger partial charge in [0.1, 0.15) is 12.3 Å². The number of nitrogens with zero attached hydrogens (tertiary/aromatic N) is 3. The third-order valence-corrected chi connectivity index (χ3v) is 9.70. The minimum absolute atomic E-state index is 0.0699. The Morgan fingerprint density at radius 2 is 1.09 bits per heavy atom. The van der Waals surface area contributed by atoms with Crippen LogP contribution in [0.25, 0.3) is 0 Å². The number of amides is 2. The molecule has 9 nitrogen and oxygen atoms in total. The van der Waals surface area contributed by atoms with Crippen LogP contribution in [0.5, 0.6) is 0 Å². The highest BCUT2D eigenvalue weighted by atomic mass is 32.2. The first-order chi connectivity index (χ1) is 16.3. The number of urea groups is 1. The van der Waals surface area contributed by atoms with Gasteiger partial charge < -0.3 is 5.32 Å². The molecule has 0 saturated carbocycles. The molecular formula is C23H22N4O5S2. The van der Waals surface area contributed by atoms with E-state index in [2.05, 4.69) is 5.32 Å². The van der Waals surface area contributed by atoms with Crippen LogP contribution in [0.3, 0.4) is 0 Å². The molecule has 0 spiro atoms. The number of carbonyl (C=O) groups excluding carboxylic acids is 1. The Hall–Kier alpha value is -3.25. The zero-order valence-corrected chi connectivity index (χ0v) is 19.6. The molecule has 2 saturated heterocycles. The maximum Gasteiger partial charge on any atom is 0.324 e. The average Bonchev–Trinajstić information content (AvgIpc) is 3.21. The van der Waals surface area contributed by atoms with Crippen molar-refractivity contribution in [3.63, 3.8) is 0 Å². The van der Waals surface area contributed by atoms with Crippen molar-refractivity contribution >= 4 is 31.8 Å². The fraction of sp³-hybridized carbons (Fsp3) is 0.174. The van der Waals surface area contributed by atoms with Gasteiger partial charge in [-0.3, -0.25) is 4.90 Å². The van der Waals surface area contributed by atoms with Gasteiger partial charge in [0.25, 0.3) is 0 Å². The second-order valence-corrected chi connectivity index (χ2v) is 11.7.